The molecule has 190 valence electrons. The van der Waals surface area contributed by atoms with Crippen LogP contribution in [0.2, 0.25) is 5.02 Å². The number of halogens is 1. The summed E-state index contributed by atoms with van der Waals surface area (Å²) < 4.78 is 12.8. The van der Waals surface area contributed by atoms with Crippen LogP contribution in [0.25, 0.3) is 16.6 Å². The van der Waals surface area contributed by atoms with Gasteiger partial charge in [0.15, 0.2) is 11.9 Å². The van der Waals surface area contributed by atoms with Crippen molar-refractivity contribution in [1.29, 1.82) is 0 Å². The van der Waals surface area contributed by atoms with Crippen LogP contribution in [-0.4, -0.2) is 67.5 Å². The fourth-order valence-corrected chi connectivity index (χ4v) is 4.52. The van der Waals surface area contributed by atoms with E-state index in [9.17, 15) is 30.0 Å². The van der Waals surface area contributed by atoms with Gasteiger partial charge in [-0.1, -0.05) is 54.1 Å². The number of hydrogen-bond donors (Lipinski definition) is 4. The fourth-order valence-electron chi connectivity index (χ4n) is 4.36. The first kappa shape index (κ1) is 24.9. The summed E-state index contributed by atoms with van der Waals surface area (Å²) in [4.78, 5) is 24.8. The van der Waals surface area contributed by atoms with Crippen molar-refractivity contribution in [3.05, 3.63) is 95.1 Å². The number of fused-ring (bicyclic) bond motifs is 1. The third-order valence-corrected chi connectivity index (χ3v) is 6.47. The molecule has 0 aliphatic carbocycles. The van der Waals surface area contributed by atoms with Crippen molar-refractivity contribution in [3.8, 4) is 11.4 Å². The van der Waals surface area contributed by atoms with Gasteiger partial charge in [-0.15, -0.1) is 0 Å². The Kier molecular flexibility index (Phi) is 6.72. The van der Waals surface area contributed by atoms with E-state index < -0.39 is 36.7 Å². The van der Waals surface area contributed by atoms with E-state index in [4.69, 9.17) is 21.1 Å². The molecule has 0 bridgehead atoms. The first-order valence-electron chi connectivity index (χ1n) is 11.3. The van der Waals surface area contributed by atoms with Crippen molar-refractivity contribution >= 4 is 34.3 Å². The summed E-state index contributed by atoms with van der Waals surface area (Å²) >= 11 is 6.28. The molecule has 5 atom stereocenters. The molecule has 1 aliphatic heterocycles. The number of aliphatic hydroxyl groups excluding tert-OH is 3. The molecule has 1 saturated heterocycles. The number of carbonyl (C=O) groups excluding carboxylic acids is 1. The van der Waals surface area contributed by atoms with E-state index in [1.165, 1.54) is 0 Å². The highest BCUT2D eigenvalue weighted by Crippen LogP contribution is 2.36. The first-order valence-corrected chi connectivity index (χ1v) is 11.7. The molecule has 3 aromatic carbocycles. The highest BCUT2D eigenvalue weighted by Gasteiger charge is 2.48. The predicted octanol–water partition coefficient (Wildman–Crippen LogP) is 2.79. The number of hydrogen-bond acceptors (Lipinski definition) is 7. The van der Waals surface area contributed by atoms with Crippen molar-refractivity contribution < 1.29 is 39.5 Å². The molecule has 1 aliphatic rings. The van der Waals surface area contributed by atoms with E-state index in [2.05, 4.69) is 0 Å². The van der Waals surface area contributed by atoms with Crippen molar-refractivity contribution in [2.45, 2.75) is 30.7 Å². The molecule has 1 fully saturated rings. The molecule has 4 aromatic rings. The number of benzene rings is 3. The molecule has 37 heavy (non-hydrogen) atoms. The highest BCUT2D eigenvalue weighted by molar-refractivity contribution is 6.31. The van der Waals surface area contributed by atoms with Crippen LogP contribution in [-0.2, 0) is 9.53 Å². The largest absolute Gasteiger partial charge is 0.479 e. The number of ketones is 1. The lowest BCUT2D eigenvalue weighted by molar-refractivity contribution is -0.270. The summed E-state index contributed by atoms with van der Waals surface area (Å²) in [5.41, 5.74) is 2.02. The van der Waals surface area contributed by atoms with Crippen LogP contribution in [0.3, 0.4) is 0 Å². The molecule has 2 heterocycles. The van der Waals surface area contributed by atoms with Crippen LogP contribution >= 0.6 is 11.6 Å². The maximum Gasteiger partial charge on any atom is 0.335 e. The van der Waals surface area contributed by atoms with Crippen molar-refractivity contribution in [2.75, 3.05) is 0 Å². The molecular weight excluding hydrogens is 502 g/mol. The van der Waals surface area contributed by atoms with Crippen molar-refractivity contribution in [2.24, 2.45) is 0 Å². The number of rotatable bonds is 6. The van der Waals surface area contributed by atoms with Crippen molar-refractivity contribution in [3.63, 3.8) is 0 Å². The average molecular weight is 524 g/mol. The van der Waals surface area contributed by atoms with E-state index in [0.29, 0.717) is 32.7 Å². The van der Waals surface area contributed by atoms with Gasteiger partial charge in [-0.05, 0) is 30.3 Å². The molecule has 0 saturated carbocycles. The number of carboxylic acid groups (broad SMARTS) is 1. The lowest BCUT2D eigenvalue weighted by atomic mass is 9.99. The smallest absolute Gasteiger partial charge is 0.335 e. The fraction of sp³-hybridized carbons (Fsp3) is 0.185. The number of carboxylic acids is 1. The Hall–Kier alpha value is -3.73. The maximum absolute atomic E-state index is 13.3. The summed E-state index contributed by atoms with van der Waals surface area (Å²) in [6.45, 7) is 0. The van der Waals surface area contributed by atoms with Crippen LogP contribution in [0, 0.1) is 0 Å². The Bertz CT molecular complexity index is 1470. The van der Waals surface area contributed by atoms with Crippen LogP contribution in [0.1, 0.15) is 15.9 Å². The zero-order valence-electron chi connectivity index (χ0n) is 19.1. The summed E-state index contributed by atoms with van der Waals surface area (Å²) in [5.74, 6) is -1.55. The number of para-hydroxylation sites is 1. The van der Waals surface area contributed by atoms with Crippen LogP contribution in [0.15, 0.2) is 79.0 Å². The second kappa shape index (κ2) is 9.97. The lowest BCUT2D eigenvalue weighted by Crippen LogP contribution is -2.61. The van der Waals surface area contributed by atoms with Gasteiger partial charge in [-0.25, -0.2) is 4.79 Å². The van der Waals surface area contributed by atoms with Gasteiger partial charge in [0.05, 0.1) is 17.4 Å². The molecule has 0 unspecified atom stereocenters. The zero-order valence-corrected chi connectivity index (χ0v) is 19.9. The van der Waals surface area contributed by atoms with Gasteiger partial charge >= 0.3 is 5.97 Å². The van der Waals surface area contributed by atoms with E-state index in [0.717, 1.165) is 0 Å². The molecular formula is C27H22ClNO8. The van der Waals surface area contributed by atoms with Gasteiger partial charge < -0.3 is 34.5 Å². The number of aliphatic carboxylic acids is 1. The summed E-state index contributed by atoms with van der Waals surface area (Å²) in [7, 11) is 0. The molecule has 0 spiro atoms. The zero-order chi connectivity index (χ0) is 26.3. The van der Waals surface area contributed by atoms with Gasteiger partial charge in [0, 0.05) is 21.5 Å². The average Bonchev–Trinajstić information content (AvgIpc) is 3.25. The van der Waals surface area contributed by atoms with E-state index >= 15 is 0 Å². The van der Waals surface area contributed by atoms with Gasteiger partial charge in [-0.3, -0.25) is 4.79 Å². The molecule has 0 radical (unpaired) electrons. The highest BCUT2D eigenvalue weighted by atomic mass is 35.5. The minimum absolute atomic E-state index is 0.172. The monoisotopic (exact) mass is 523 g/mol. The predicted molar refractivity (Wildman–Crippen MR) is 133 cm³/mol. The van der Waals surface area contributed by atoms with E-state index in [-0.39, 0.29) is 11.5 Å². The molecule has 1 aromatic heterocycles. The molecule has 5 rings (SSSR count). The molecule has 9 nitrogen and oxygen atoms in total. The van der Waals surface area contributed by atoms with E-state index in [1.54, 1.807) is 77.5 Å². The summed E-state index contributed by atoms with van der Waals surface area (Å²) in [6, 6.07) is 20.8. The van der Waals surface area contributed by atoms with Gasteiger partial charge in [0.2, 0.25) is 6.29 Å². The summed E-state index contributed by atoms with van der Waals surface area (Å²) in [5, 5.41) is 40.9. The second-order valence-corrected chi connectivity index (χ2v) is 9.03. The Morgan fingerprint density at radius 1 is 0.892 bits per heavy atom. The Labute approximate surface area is 215 Å². The Morgan fingerprint density at radius 3 is 2.32 bits per heavy atom. The van der Waals surface area contributed by atoms with Crippen LogP contribution in [0.5, 0.6) is 5.75 Å². The minimum atomic E-state index is -1.84. The topological polar surface area (TPSA) is 138 Å². The van der Waals surface area contributed by atoms with E-state index in [1.807, 2.05) is 6.07 Å². The SMILES string of the molecule is O=C(c1ccccc1)c1ccccc1-n1cc(O[C@@H]2O[C@H](C(=O)O)[C@@H](O)[C@H](O)[C@H]2O)c2ccc(Cl)cc21. The second-order valence-electron chi connectivity index (χ2n) is 8.59. The number of nitrogens with zero attached hydrogens (tertiary/aromatic N) is 1. The van der Waals surface area contributed by atoms with Gasteiger partial charge in [0.25, 0.3) is 0 Å². The summed E-state index contributed by atoms with van der Waals surface area (Å²) in [6.07, 6.45) is -7.24. The first-order chi connectivity index (χ1) is 17.8. The Balaban J connectivity index is 1.59. The third kappa shape index (κ3) is 4.59. The normalized spacial score (nSPS) is 23.6. The van der Waals surface area contributed by atoms with Crippen molar-refractivity contribution in [1.82, 2.24) is 4.57 Å². The minimum Gasteiger partial charge on any atom is -0.479 e. The lowest BCUT2D eigenvalue weighted by Gasteiger charge is -2.38. The quantitative estimate of drug-likeness (QED) is 0.283. The molecule has 4 N–H and O–H groups in total. The number of aliphatic hydroxyl groups is 3. The number of ether oxygens (including phenoxy) is 2. The number of carbonyl (C=O) groups is 2. The maximum atomic E-state index is 13.3. The molecule has 10 heteroatoms. The van der Waals surface area contributed by atoms with Crippen LogP contribution < -0.4 is 4.74 Å². The van der Waals surface area contributed by atoms with Crippen LogP contribution in [0.4, 0.5) is 0 Å². The third-order valence-electron chi connectivity index (χ3n) is 6.23. The number of aromatic nitrogens is 1. The van der Waals surface area contributed by atoms with Gasteiger partial charge in [0.1, 0.15) is 24.1 Å². The van der Waals surface area contributed by atoms with Gasteiger partial charge in [-0.2, -0.15) is 0 Å². The standard InChI is InChI=1S/C27H22ClNO8/c28-15-10-11-16-19(12-15)29(18-9-5-4-8-17(18)21(30)14-6-2-1-3-7-14)13-20(16)36-27-24(33)22(31)23(32)25(37-27)26(34)35/h1-13,22-25,27,31-33H,(H,34,35)/t22-,23-,24+,25-,27+/m0/s1. The molecule has 0 amide bonds. The Morgan fingerprint density at radius 2 is 1.59 bits per heavy atom.